The third-order valence-corrected chi connectivity index (χ3v) is 5.82. The Balaban J connectivity index is 1.60. The van der Waals surface area contributed by atoms with Gasteiger partial charge in [-0.2, -0.15) is 5.26 Å². The number of aryl methyl sites for hydroxylation is 1. The van der Waals surface area contributed by atoms with E-state index in [4.69, 9.17) is 4.74 Å². The smallest absolute Gasteiger partial charge is 0.149 e. The molecule has 4 aromatic rings. The van der Waals surface area contributed by atoms with Crippen molar-refractivity contribution >= 4 is 54.5 Å². The number of hydrogen-bond acceptors (Lipinski definition) is 3. The summed E-state index contributed by atoms with van der Waals surface area (Å²) in [5.74, 6) is 0.862. The SMILES string of the molecule is Cc1ccc2nc(/C(C#N)=C\c3cc(Br)c(OCc4ccc(F)cc4)c(Br)c3)[nH]c2c1. The minimum absolute atomic E-state index is 0.282. The van der Waals surface area contributed by atoms with Crippen molar-refractivity contribution in [2.75, 3.05) is 0 Å². The molecule has 1 N–H and O–H groups in total. The van der Waals surface area contributed by atoms with Crippen molar-refractivity contribution < 1.29 is 9.13 Å². The van der Waals surface area contributed by atoms with E-state index >= 15 is 0 Å². The highest BCUT2D eigenvalue weighted by Crippen LogP contribution is 2.36. The molecule has 0 saturated carbocycles. The van der Waals surface area contributed by atoms with Gasteiger partial charge in [-0.05, 0) is 97.9 Å². The number of benzene rings is 3. The number of aromatic nitrogens is 2. The number of allylic oxidation sites excluding steroid dienone is 1. The van der Waals surface area contributed by atoms with Crippen LogP contribution in [0.3, 0.4) is 0 Å². The lowest BCUT2D eigenvalue weighted by atomic mass is 10.1. The normalized spacial score (nSPS) is 11.5. The molecular formula is C24H16Br2FN3O. The number of rotatable bonds is 5. The highest BCUT2D eigenvalue weighted by Gasteiger charge is 2.12. The van der Waals surface area contributed by atoms with Crippen LogP contribution in [0.15, 0.2) is 63.5 Å². The summed E-state index contributed by atoms with van der Waals surface area (Å²) in [6.45, 7) is 2.31. The van der Waals surface area contributed by atoms with Crippen LogP contribution >= 0.6 is 31.9 Å². The number of aromatic amines is 1. The van der Waals surface area contributed by atoms with Crippen LogP contribution in [0.5, 0.6) is 5.75 Å². The largest absolute Gasteiger partial charge is 0.487 e. The van der Waals surface area contributed by atoms with Gasteiger partial charge in [0, 0.05) is 0 Å². The van der Waals surface area contributed by atoms with Gasteiger partial charge >= 0.3 is 0 Å². The van der Waals surface area contributed by atoms with Crippen LogP contribution in [0.25, 0.3) is 22.7 Å². The Morgan fingerprint density at radius 2 is 1.84 bits per heavy atom. The van der Waals surface area contributed by atoms with E-state index in [2.05, 4.69) is 47.9 Å². The number of hydrogen-bond donors (Lipinski definition) is 1. The zero-order valence-corrected chi connectivity index (χ0v) is 19.6. The zero-order valence-electron chi connectivity index (χ0n) is 16.4. The monoisotopic (exact) mass is 539 g/mol. The number of H-pyrrole nitrogens is 1. The van der Waals surface area contributed by atoms with Crippen molar-refractivity contribution in [3.63, 3.8) is 0 Å². The van der Waals surface area contributed by atoms with E-state index in [-0.39, 0.29) is 5.82 Å². The van der Waals surface area contributed by atoms with Crippen molar-refractivity contribution in [1.82, 2.24) is 9.97 Å². The van der Waals surface area contributed by atoms with Crippen LogP contribution in [0.1, 0.15) is 22.5 Å². The summed E-state index contributed by atoms with van der Waals surface area (Å²) >= 11 is 7.07. The molecule has 1 aromatic heterocycles. The lowest BCUT2D eigenvalue weighted by Crippen LogP contribution is -1.97. The fourth-order valence-corrected chi connectivity index (χ4v) is 4.56. The Morgan fingerprint density at radius 1 is 1.13 bits per heavy atom. The van der Waals surface area contributed by atoms with Crippen molar-refractivity contribution in [3.05, 3.63) is 91.9 Å². The molecule has 0 aliphatic rings. The van der Waals surface area contributed by atoms with Gasteiger partial charge in [-0.25, -0.2) is 9.37 Å². The molecule has 0 amide bonds. The van der Waals surface area contributed by atoms with Gasteiger partial charge in [0.15, 0.2) is 0 Å². The Labute approximate surface area is 195 Å². The molecule has 0 atom stereocenters. The minimum Gasteiger partial charge on any atom is -0.487 e. The predicted molar refractivity (Wildman–Crippen MR) is 127 cm³/mol. The molecule has 0 bridgehead atoms. The van der Waals surface area contributed by atoms with E-state index in [1.807, 2.05) is 37.3 Å². The first-order valence-electron chi connectivity index (χ1n) is 9.38. The first-order valence-corrected chi connectivity index (χ1v) is 11.0. The van der Waals surface area contributed by atoms with Crippen LogP contribution in [0.2, 0.25) is 0 Å². The van der Waals surface area contributed by atoms with Crippen molar-refractivity contribution in [1.29, 1.82) is 5.26 Å². The summed E-state index contributed by atoms with van der Waals surface area (Å²) in [4.78, 5) is 7.75. The van der Waals surface area contributed by atoms with E-state index in [0.29, 0.717) is 23.8 Å². The molecule has 4 nitrogen and oxygen atoms in total. The molecule has 4 rings (SSSR count). The summed E-state index contributed by atoms with van der Waals surface area (Å²) < 4.78 is 20.4. The number of imidazole rings is 1. The summed E-state index contributed by atoms with van der Waals surface area (Å²) in [6.07, 6.45) is 1.77. The molecule has 154 valence electrons. The van der Waals surface area contributed by atoms with Gasteiger partial charge in [0.05, 0.1) is 25.6 Å². The molecule has 7 heteroatoms. The average molecular weight is 541 g/mol. The molecule has 3 aromatic carbocycles. The molecule has 31 heavy (non-hydrogen) atoms. The molecule has 0 fully saturated rings. The number of ether oxygens (including phenoxy) is 1. The highest BCUT2D eigenvalue weighted by molar-refractivity contribution is 9.11. The number of nitrogens with one attached hydrogen (secondary N) is 1. The average Bonchev–Trinajstić information content (AvgIpc) is 3.15. The Bertz CT molecular complexity index is 1310. The second-order valence-electron chi connectivity index (χ2n) is 7.00. The topological polar surface area (TPSA) is 61.7 Å². The minimum atomic E-state index is -0.282. The van der Waals surface area contributed by atoms with E-state index in [0.717, 1.165) is 36.7 Å². The highest BCUT2D eigenvalue weighted by atomic mass is 79.9. The maximum Gasteiger partial charge on any atom is 0.149 e. The van der Waals surface area contributed by atoms with Crippen molar-refractivity contribution in [2.24, 2.45) is 0 Å². The number of fused-ring (bicyclic) bond motifs is 1. The number of nitriles is 1. The standard InChI is InChI=1S/C24H16Br2FN3O/c1-14-2-7-21-22(8-14)30-24(29-21)17(12-28)9-16-10-19(25)23(20(26)11-16)31-13-15-3-5-18(27)6-4-15/h2-11H,13H2,1H3,(H,29,30)/b17-9-. The maximum absolute atomic E-state index is 13.1. The van der Waals surface area contributed by atoms with Gasteiger partial charge in [-0.1, -0.05) is 18.2 Å². The fourth-order valence-electron chi connectivity index (χ4n) is 3.11. The van der Waals surface area contributed by atoms with Crippen LogP contribution < -0.4 is 4.74 Å². The van der Waals surface area contributed by atoms with Crippen LogP contribution in [-0.2, 0) is 6.61 Å². The Morgan fingerprint density at radius 3 is 2.52 bits per heavy atom. The van der Waals surface area contributed by atoms with E-state index in [9.17, 15) is 9.65 Å². The molecule has 0 saturated heterocycles. The molecule has 0 unspecified atom stereocenters. The number of halogens is 3. The van der Waals surface area contributed by atoms with Gasteiger partial charge in [0.25, 0.3) is 0 Å². The van der Waals surface area contributed by atoms with E-state index in [1.165, 1.54) is 12.1 Å². The zero-order chi connectivity index (χ0) is 22.0. The van der Waals surface area contributed by atoms with Crippen molar-refractivity contribution in [3.8, 4) is 11.8 Å². The predicted octanol–water partition coefficient (Wildman–Crippen LogP) is 7.18. The molecule has 1 heterocycles. The molecule has 0 aliphatic carbocycles. The molecular weight excluding hydrogens is 525 g/mol. The van der Waals surface area contributed by atoms with Gasteiger partial charge in [0.2, 0.25) is 0 Å². The van der Waals surface area contributed by atoms with Crippen LogP contribution in [0.4, 0.5) is 4.39 Å². The molecule has 0 spiro atoms. The van der Waals surface area contributed by atoms with Gasteiger partial charge in [-0.3, -0.25) is 0 Å². The van der Waals surface area contributed by atoms with Gasteiger partial charge in [0.1, 0.15) is 30.1 Å². The van der Waals surface area contributed by atoms with Gasteiger partial charge < -0.3 is 9.72 Å². The third kappa shape index (κ3) is 4.87. The lowest BCUT2D eigenvalue weighted by molar-refractivity contribution is 0.302. The molecule has 0 aliphatic heterocycles. The summed E-state index contributed by atoms with van der Waals surface area (Å²) in [5, 5.41) is 9.69. The second kappa shape index (κ2) is 9.04. The number of nitrogens with zero attached hydrogens (tertiary/aromatic N) is 2. The first kappa shape index (κ1) is 21.3. The van der Waals surface area contributed by atoms with Crippen molar-refractivity contribution in [2.45, 2.75) is 13.5 Å². The first-order chi connectivity index (χ1) is 14.9. The van der Waals surface area contributed by atoms with Crippen LogP contribution in [0, 0.1) is 24.1 Å². The Hall–Kier alpha value is -2.95. The quantitative estimate of drug-likeness (QED) is 0.273. The summed E-state index contributed by atoms with van der Waals surface area (Å²) in [5.41, 5.74) is 4.91. The summed E-state index contributed by atoms with van der Waals surface area (Å²) in [6, 6.07) is 18.1. The van der Waals surface area contributed by atoms with Gasteiger partial charge in [-0.15, -0.1) is 0 Å². The fraction of sp³-hybridized carbons (Fsp3) is 0.0833. The van der Waals surface area contributed by atoms with E-state index < -0.39 is 0 Å². The third-order valence-electron chi connectivity index (χ3n) is 4.64. The maximum atomic E-state index is 13.1. The summed E-state index contributed by atoms with van der Waals surface area (Å²) in [7, 11) is 0. The molecule has 0 radical (unpaired) electrons. The van der Waals surface area contributed by atoms with Crippen LogP contribution in [-0.4, -0.2) is 9.97 Å². The Kier molecular flexibility index (Phi) is 6.21. The second-order valence-corrected chi connectivity index (χ2v) is 8.71. The van der Waals surface area contributed by atoms with E-state index in [1.54, 1.807) is 18.2 Å². The lowest BCUT2D eigenvalue weighted by Gasteiger charge is -2.11.